The highest BCUT2D eigenvalue weighted by Gasteiger charge is 2.22. The highest BCUT2D eigenvalue weighted by molar-refractivity contribution is 14.1. The zero-order chi connectivity index (χ0) is 22.4. The molecular formula is C22H19ClINO5S. The van der Waals surface area contributed by atoms with E-state index in [-0.39, 0.29) is 16.4 Å². The van der Waals surface area contributed by atoms with Gasteiger partial charge in [0.1, 0.15) is 10.6 Å². The summed E-state index contributed by atoms with van der Waals surface area (Å²) in [6, 6.07) is 16.5. The standard InChI is InChI=1S/C22H19ClINO5S/c1-3-29-18-8-6-17(7-9-18)25-14-15-12-20(24)22(21(13-15)28-2)30-31(26,27)19-10-4-16(23)5-11-19/h4-14H,3H2,1-2H3. The van der Waals surface area contributed by atoms with Crippen LogP contribution in [0.25, 0.3) is 0 Å². The van der Waals surface area contributed by atoms with Crippen LogP contribution in [0.1, 0.15) is 12.5 Å². The van der Waals surface area contributed by atoms with E-state index < -0.39 is 10.1 Å². The lowest BCUT2D eigenvalue weighted by Gasteiger charge is -2.13. The predicted molar refractivity (Wildman–Crippen MR) is 130 cm³/mol. The van der Waals surface area contributed by atoms with Gasteiger partial charge in [0, 0.05) is 11.2 Å². The molecule has 6 nitrogen and oxygen atoms in total. The number of hydrogen-bond donors (Lipinski definition) is 0. The van der Waals surface area contributed by atoms with Gasteiger partial charge in [-0.2, -0.15) is 8.42 Å². The van der Waals surface area contributed by atoms with Gasteiger partial charge < -0.3 is 13.7 Å². The van der Waals surface area contributed by atoms with Gasteiger partial charge >= 0.3 is 10.1 Å². The Morgan fingerprint density at radius 2 is 1.74 bits per heavy atom. The molecule has 0 spiro atoms. The monoisotopic (exact) mass is 571 g/mol. The summed E-state index contributed by atoms with van der Waals surface area (Å²) in [6.45, 7) is 2.53. The van der Waals surface area contributed by atoms with E-state index in [0.29, 0.717) is 15.2 Å². The molecule has 0 aliphatic heterocycles. The molecule has 0 bridgehead atoms. The fraction of sp³-hybridized carbons (Fsp3) is 0.136. The number of rotatable bonds is 8. The number of benzene rings is 3. The molecule has 0 saturated carbocycles. The number of nitrogens with zero attached hydrogens (tertiary/aromatic N) is 1. The third-order valence-corrected chi connectivity index (χ3v) is 6.35. The summed E-state index contributed by atoms with van der Waals surface area (Å²) in [6.07, 6.45) is 1.66. The third-order valence-electron chi connectivity index (χ3n) is 4.06. The summed E-state index contributed by atoms with van der Waals surface area (Å²) in [4.78, 5) is 4.44. The van der Waals surface area contributed by atoms with Crippen molar-refractivity contribution in [3.05, 3.63) is 74.8 Å². The molecule has 0 amide bonds. The summed E-state index contributed by atoms with van der Waals surface area (Å²) < 4.78 is 42.0. The van der Waals surface area contributed by atoms with Crippen molar-refractivity contribution < 1.29 is 22.1 Å². The van der Waals surface area contributed by atoms with Crippen LogP contribution in [0.5, 0.6) is 17.2 Å². The average Bonchev–Trinajstić information content (AvgIpc) is 2.75. The Hall–Kier alpha value is -2.30. The minimum Gasteiger partial charge on any atom is -0.494 e. The van der Waals surface area contributed by atoms with Gasteiger partial charge in [-0.15, -0.1) is 0 Å². The predicted octanol–water partition coefficient (Wildman–Crippen LogP) is 5.87. The van der Waals surface area contributed by atoms with E-state index in [2.05, 4.69) is 4.99 Å². The van der Waals surface area contributed by atoms with Gasteiger partial charge in [0.05, 0.1) is 23.0 Å². The van der Waals surface area contributed by atoms with E-state index in [1.807, 2.05) is 53.8 Å². The first-order valence-corrected chi connectivity index (χ1v) is 12.0. The van der Waals surface area contributed by atoms with E-state index in [9.17, 15) is 8.42 Å². The Morgan fingerprint density at radius 3 is 2.35 bits per heavy atom. The van der Waals surface area contributed by atoms with Crippen molar-refractivity contribution in [3.63, 3.8) is 0 Å². The van der Waals surface area contributed by atoms with Gasteiger partial charge in [0.2, 0.25) is 0 Å². The van der Waals surface area contributed by atoms with Crippen molar-refractivity contribution in [2.75, 3.05) is 13.7 Å². The van der Waals surface area contributed by atoms with Gasteiger partial charge in [-0.05, 0) is 95.7 Å². The number of ether oxygens (including phenoxy) is 2. The number of halogens is 2. The van der Waals surface area contributed by atoms with Gasteiger partial charge in [0.15, 0.2) is 11.5 Å². The van der Waals surface area contributed by atoms with Crippen LogP contribution in [0.4, 0.5) is 5.69 Å². The topological polar surface area (TPSA) is 74.2 Å². The minimum absolute atomic E-state index is 0.00380. The van der Waals surface area contributed by atoms with Gasteiger partial charge in [-0.3, -0.25) is 4.99 Å². The Balaban J connectivity index is 1.85. The first-order valence-electron chi connectivity index (χ1n) is 9.17. The molecular weight excluding hydrogens is 553 g/mol. The normalized spacial score (nSPS) is 11.5. The fourth-order valence-electron chi connectivity index (χ4n) is 2.60. The van der Waals surface area contributed by atoms with Crippen molar-refractivity contribution in [1.29, 1.82) is 0 Å². The zero-order valence-electron chi connectivity index (χ0n) is 16.7. The lowest BCUT2D eigenvalue weighted by atomic mass is 10.2. The smallest absolute Gasteiger partial charge is 0.339 e. The molecule has 0 fully saturated rings. The van der Waals surface area contributed by atoms with Crippen molar-refractivity contribution in [2.24, 2.45) is 4.99 Å². The van der Waals surface area contributed by atoms with Crippen LogP contribution in [0, 0.1) is 3.57 Å². The van der Waals surface area contributed by atoms with Gasteiger partial charge in [0.25, 0.3) is 0 Å². The highest BCUT2D eigenvalue weighted by atomic mass is 127. The molecule has 0 heterocycles. The molecule has 0 N–H and O–H groups in total. The maximum absolute atomic E-state index is 12.6. The van der Waals surface area contributed by atoms with Crippen LogP contribution in [-0.2, 0) is 10.1 Å². The summed E-state index contributed by atoms with van der Waals surface area (Å²) in [5.41, 5.74) is 1.48. The SMILES string of the molecule is CCOc1ccc(N=Cc2cc(I)c(OS(=O)(=O)c3ccc(Cl)cc3)c(OC)c2)cc1. The third kappa shape index (κ3) is 6.11. The summed E-state index contributed by atoms with van der Waals surface area (Å²) >= 11 is 7.83. The molecule has 9 heteroatoms. The Labute approximate surface area is 200 Å². The number of methoxy groups -OCH3 is 1. The lowest BCUT2D eigenvalue weighted by Crippen LogP contribution is -2.11. The van der Waals surface area contributed by atoms with E-state index in [0.717, 1.165) is 17.0 Å². The summed E-state index contributed by atoms with van der Waals surface area (Å²) in [5, 5.41) is 0.433. The van der Waals surface area contributed by atoms with Gasteiger partial charge in [-0.25, -0.2) is 0 Å². The fourth-order valence-corrected chi connectivity index (χ4v) is 4.57. The second kappa shape index (κ2) is 10.3. The first kappa shape index (κ1) is 23.4. The molecule has 3 aromatic rings. The quantitative estimate of drug-likeness (QED) is 0.192. The number of aliphatic imine (C=N–C) groups is 1. The minimum atomic E-state index is -4.05. The first-order chi connectivity index (χ1) is 14.8. The molecule has 0 unspecified atom stereocenters. The molecule has 0 aliphatic rings. The van der Waals surface area contributed by atoms with Crippen molar-refractivity contribution in [3.8, 4) is 17.2 Å². The maximum Gasteiger partial charge on any atom is 0.339 e. The molecule has 31 heavy (non-hydrogen) atoms. The van der Waals surface area contributed by atoms with Crippen molar-refractivity contribution in [2.45, 2.75) is 11.8 Å². The van der Waals surface area contributed by atoms with Crippen LogP contribution < -0.4 is 13.7 Å². The van der Waals surface area contributed by atoms with Crippen LogP contribution in [0.15, 0.2) is 70.6 Å². The highest BCUT2D eigenvalue weighted by Crippen LogP contribution is 2.36. The molecule has 0 saturated heterocycles. The van der Waals surface area contributed by atoms with Gasteiger partial charge in [-0.1, -0.05) is 11.6 Å². The molecule has 0 aliphatic carbocycles. The Bertz CT molecular complexity index is 1180. The largest absolute Gasteiger partial charge is 0.494 e. The molecule has 0 aromatic heterocycles. The second-order valence-corrected chi connectivity index (χ2v) is 9.36. The Morgan fingerprint density at radius 1 is 1.06 bits per heavy atom. The van der Waals surface area contributed by atoms with Crippen LogP contribution in [0.2, 0.25) is 5.02 Å². The van der Waals surface area contributed by atoms with E-state index >= 15 is 0 Å². The average molecular weight is 572 g/mol. The summed E-state index contributed by atoms with van der Waals surface area (Å²) in [7, 11) is -2.61. The Kier molecular flexibility index (Phi) is 7.79. The second-order valence-electron chi connectivity index (χ2n) is 6.21. The lowest BCUT2D eigenvalue weighted by molar-refractivity contribution is 0.340. The van der Waals surface area contributed by atoms with E-state index in [1.54, 1.807) is 18.3 Å². The van der Waals surface area contributed by atoms with E-state index in [4.69, 9.17) is 25.3 Å². The van der Waals surface area contributed by atoms with E-state index in [1.165, 1.54) is 31.4 Å². The molecule has 162 valence electrons. The zero-order valence-corrected chi connectivity index (χ0v) is 20.4. The summed E-state index contributed by atoms with van der Waals surface area (Å²) in [5.74, 6) is 1.16. The maximum atomic E-state index is 12.6. The molecule has 0 radical (unpaired) electrons. The van der Waals surface area contributed by atoms with Crippen molar-refractivity contribution >= 4 is 56.2 Å². The van der Waals surface area contributed by atoms with Crippen LogP contribution in [0.3, 0.4) is 0 Å². The van der Waals surface area contributed by atoms with Crippen LogP contribution >= 0.6 is 34.2 Å². The number of hydrogen-bond acceptors (Lipinski definition) is 6. The van der Waals surface area contributed by atoms with Crippen LogP contribution in [-0.4, -0.2) is 28.3 Å². The van der Waals surface area contributed by atoms with Crippen molar-refractivity contribution in [1.82, 2.24) is 0 Å². The molecule has 3 rings (SSSR count). The molecule has 0 atom stereocenters. The molecule has 3 aromatic carbocycles.